The van der Waals surface area contributed by atoms with E-state index >= 15 is 4.39 Å². The van der Waals surface area contributed by atoms with Gasteiger partial charge in [0.1, 0.15) is 17.0 Å². The zero-order chi connectivity index (χ0) is 27.9. The Balaban J connectivity index is 1.31. The molecule has 0 amide bonds. The zero-order valence-electron chi connectivity index (χ0n) is 21.0. The molecule has 0 saturated carbocycles. The first-order valence-electron chi connectivity index (χ1n) is 12.2. The third-order valence-electron chi connectivity index (χ3n) is 6.56. The van der Waals surface area contributed by atoms with Gasteiger partial charge in [-0.1, -0.05) is 6.07 Å². The standard InChI is InChI=1S/C27H24F4N6O2/c1-16(33-21-14-32-35(2)26(39)24(21)27(29,30)31)6-5-10-36-11-8-17-12-19(20(28)13-18(17)25(36)38)22-15-37-9-4-3-7-23(37)34-22/h3-4,7-9,11-16,33H,5-6,10H2,1-2H3/t16-/m0/s1. The first-order chi connectivity index (χ1) is 18.5. The Bertz CT molecular complexity index is 1770. The second-order valence-corrected chi connectivity index (χ2v) is 9.37. The number of benzene rings is 1. The van der Waals surface area contributed by atoms with Crippen LogP contribution < -0.4 is 16.4 Å². The van der Waals surface area contributed by atoms with E-state index in [4.69, 9.17) is 0 Å². The molecule has 5 rings (SSSR count). The minimum Gasteiger partial charge on any atom is -0.381 e. The maximum atomic E-state index is 15.1. The molecular formula is C27H24F4N6O2. The van der Waals surface area contributed by atoms with Crippen LogP contribution in [0.5, 0.6) is 0 Å². The summed E-state index contributed by atoms with van der Waals surface area (Å²) in [5.74, 6) is -0.568. The molecule has 12 heteroatoms. The summed E-state index contributed by atoms with van der Waals surface area (Å²) in [6.07, 6.45) is 2.13. The van der Waals surface area contributed by atoms with Gasteiger partial charge in [0.05, 0.1) is 23.0 Å². The third kappa shape index (κ3) is 5.14. The van der Waals surface area contributed by atoms with Crippen molar-refractivity contribution in [2.75, 3.05) is 5.32 Å². The van der Waals surface area contributed by atoms with E-state index in [1.54, 1.807) is 35.9 Å². The third-order valence-corrected chi connectivity index (χ3v) is 6.56. The minimum atomic E-state index is -4.83. The van der Waals surface area contributed by atoms with E-state index in [1.165, 1.54) is 10.6 Å². The molecule has 4 heterocycles. The maximum absolute atomic E-state index is 15.1. The second-order valence-electron chi connectivity index (χ2n) is 9.37. The highest BCUT2D eigenvalue weighted by molar-refractivity contribution is 5.86. The molecule has 1 N–H and O–H groups in total. The molecule has 0 aliphatic carbocycles. The highest BCUT2D eigenvalue weighted by Gasteiger charge is 2.38. The van der Waals surface area contributed by atoms with Gasteiger partial charge in [0, 0.05) is 43.8 Å². The SMILES string of the molecule is C[C@@H](CCCn1ccc2cc(-c3cn4ccccc4n3)c(F)cc2c1=O)Nc1cnn(C)c(=O)c1C(F)(F)F. The van der Waals surface area contributed by atoms with Crippen molar-refractivity contribution in [2.45, 2.75) is 38.5 Å². The van der Waals surface area contributed by atoms with Crippen molar-refractivity contribution >= 4 is 22.1 Å². The number of aryl methyl sites for hydroxylation is 2. The minimum absolute atomic E-state index is 0.217. The largest absolute Gasteiger partial charge is 0.423 e. The van der Waals surface area contributed by atoms with Crippen LogP contribution in [0.1, 0.15) is 25.3 Å². The molecule has 8 nitrogen and oxygen atoms in total. The first kappa shape index (κ1) is 26.1. The zero-order valence-corrected chi connectivity index (χ0v) is 21.0. The van der Waals surface area contributed by atoms with E-state index in [0.717, 1.165) is 13.2 Å². The lowest BCUT2D eigenvalue weighted by Crippen LogP contribution is -2.31. The number of fused-ring (bicyclic) bond motifs is 2. The highest BCUT2D eigenvalue weighted by Crippen LogP contribution is 2.32. The molecule has 1 atom stereocenters. The van der Waals surface area contributed by atoms with Gasteiger partial charge in [-0.25, -0.2) is 14.1 Å². The van der Waals surface area contributed by atoms with Gasteiger partial charge in [0.15, 0.2) is 0 Å². The summed E-state index contributed by atoms with van der Waals surface area (Å²) in [5, 5.41) is 7.18. The number of aromatic nitrogens is 5. The van der Waals surface area contributed by atoms with E-state index < -0.39 is 34.8 Å². The quantitative estimate of drug-likeness (QED) is 0.299. The highest BCUT2D eigenvalue weighted by atomic mass is 19.4. The van der Waals surface area contributed by atoms with Crippen LogP contribution in [-0.4, -0.2) is 29.8 Å². The number of pyridine rings is 2. The summed E-state index contributed by atoms with van der Waals surface area (Å²) < 4.78 is 59.2. The summed E-state index contributed by atoms with van der Waals surface area (Å²) in [7, 11) is 1.15. The van der Waals surface area contributed by atoms with Gasteiger partial charge in [-0.2, -0.15) is 18.3 Å². The Labute approximate surface area is 219 Å². The average molecular weight is 541 g/mol. The normalized spacial score (nSPS) is 12.8. The van der Waals surface area contributed by atoms with Crippen molar-refractivity contribution in [3.8, 4) is 11.3 Å². The number of nitrogens with zero attached hydrogens (tertiary/aromatic N) is 5. The molecule has 0 unspecified atom stereocenters. The molecule has 0 aliphatic heterocycles. The van der Waals surface area contributed by atoms with Gasteiger partial charge in [-0.3, -0.25) is 9.59 Å². The molecule has 0 radical (unpaired) electrons. The van der Waals surface area contributed by atoms with E-state index in [1.807, 2.05) is 24.4 Å². The van der Waals surface area contributed by atoms with E-state index in [2.05, 4.69) is 15.4 Å². The molecule has 202 valence electrons. The van der Waals surface area contributed by atoms with Crippen molar-refractivity contribution in [2.24, 2.45) is 7.05 Å². The lowest BCUT2D eigenvalue weighted by atomic mass is 10.1. The maximum Gasteiger partial charge on any atom is 0.423 e. The van der Waals surface area contributed by atoms with E-state index in [-0.39, 0.29) is 23.1 Å². The Kier molecular flexibility index (Phi) is 6.71. The van der Waals surface area contributed by atoms with Crippen LogP contribution in [0, 0.1) is 5.82 Å². The van der Waals surface area contributed by atoms with E-state index in [9.17, 15) is 22.8 Å². The van der Waals surface area contributed by atoms with Gasteiger partial charge in [-0.15, -0.1) is 0 Å². The smallest absolute Gasteiger partial charge is 0.381 e. The molecule has 4 aromatic heterocycles. The molecule has 0 bridgehead atoms. The molecule has 39 heavy (non-hydrogen) atoms. The number of imidazole rings is 1. The Morgan fingerprint density at radius 2 is 1.87 bits per heavy atom. The van der Waals surface area contributed by atoms with Gasteiger partial charge in [0.25, 0.3) is 11.1 Å². The number of nitrogens with one attached hydrogen (secondary N) is 1. The van der Waals surface area contributed by atoms with Crippen LogP contribution >= 0.6 is 0 Å². The summed E-state index contributed by atoms with van der Waals surface area (Å²) in [6, 6.07) is 9.57. The number of halogens is 4. The molecule has 0 aliphatic rings. The number of alkyl halides is 3. The fourth-order valence-electron chi connectivity index (χ4n) is 4.57. The Hall–Kier alpha value is -4.48. The average Bonchev–Trinajstić information content (AvgIpc) is 3.31. The predicted octanol–water partition coefficient (Wildman–Crippen LogP) is 4.85. The molecule has 0 spiro atoms. The second kappa shape index (κ2) is 10.0. The lowest BCUT2D eigenvalue weighted by Gasteiger charge is -2.19. The molecule has 1 aromatic carbocycles. The fourth-order valence-corrected chi connectivity index (χ4v) is 4.57. The number of rotatable bonds is 7. The molecule has 0 fully saturated rings. The number of hydrogen-bond donors (Lipinski definition) is 1. The van der Waals surface area contributed by atoms with Crippen LogP contribution in [0.4, 0.5) is 23.2 Å². The number of hydrogen-bond acceptors (Lipinski definition) is 5. The van der Waals surface area contributed by atoms with Crippen LogP contribution in [0.2, 0.25) is 0 Å². The van der Waals surface area contributed by atoms with Gasteiger partial charge in [-0.05, 0) is 55.5 Å². The van der Waals surface area contributed by atoms with Gasteiger partial charge in [0.2, 0.25) is 0 Å². The lowest BCUT2D eigenvalue weighted by molar-refractivity contribution is -0.138. The van der Waals surface area contributed by atoms with Crippen LogP contribution in [0.3, 0.4) is 0 Å². The molecular weight excluding hydrogens is 516 g/mol. The Morgan fingerprint density at radius 3 is 2.62 bits per heavy atom. The van der Waals surface area contributed by atoms with Crippen molar-refractivity contribution in [1.29, 1.82) is 0 Å². The summed E-state index contributed by atoms with van der Waals surface area (Å²) in [6.45, 7) is 1.95. The predicted molar refractivity (Wildman–Crippen MR) is 139 cm³/mol. The summed E-state index contributed by atoms with van der Waals surface area (Å²) >= 11 is 0. The van der Waals surface area contributed by atoms with Gasteiger partial charge >= 0.3 is 6.18 Å². The van der Waals surface area contributed by atoms with Crippen molar-refractivity contribution < 1.29 is 17.6 Å². The Morgan fingerprint density at radius 1 is 1.08 bits per heavy atom. The van der Waals surface area contributed by atoms with Crippen molar-refractivity contribution in [1.82, 2.24) is 23.7 Å². The molecule has 5 aromatic rings. The van der Waals surface area contributed by atoms with Crippen LogP contribution in [0.25, 0.3) is 27.7 Å². The van der Waals surface area contributed by atoms with Crippen molar-refractivity contribution in [3.63, 3.8) is 0 Å². The summed E-state index contributed by atoms with van der Waals surface area (Å²) in [4.78, 5) is 29.5. The number of anilines is 1. The van der Waals surface area contributed by atoms with Crippen LogP contribution in [0.15, 0.2) is 70.8 Å². The van der Waals surface area contributed by atoms with E-state index in [0.29, 0.717) is 34.3 Å². The molecule has 0 saturated heterocycles. The van der Waals surface area contributed by atoms with Crippen molar-refractivity contribution in [3.05, 3.63) is 93.3 Å². The first-order valence-corrected chi connectivity index (χ1v) is 12.2. The van der Waals surface area contributed by atoms with Crippen LogP contribution in [-0.2, 0) is 19.8 Å². The van der Waals surface area contributed by atoms with Gasteiger partial charge < -0.3 is 14.3 Å². The monoisotopic (exact) mass is 540 g/mol. The summed E-state index contributed by atoms with van der Waals surface area (Å²) in [5.41, 5.74) is -1.90. The fraction of sp³-hybridized carbons (Fsp3) is 0.259. The topological polar surface area (TPSA) is 86.2 Å².